The van der Waals surface area contributed by atoms with Crippen LogP contribution in [0.2, 0.25) is 0 Å². The predicted molar refractivity (Wildman–Crippen MR) is 119 cm³/mol. The number of aliphatic hydroxyl groups is 1. The van der Waals surface area contributed by atoms with E-state index in [2.05, 4.69) is 15.3 Å². The van der Waals surface area contributed by atoms with Gasteiger partial charge in [0.25, 0.3) is 11.9 Å². The van der Waals surface area contributed by atoms with Crippen molar-refractivity contribution < 1.29 is 19.4 Å². The number of phenolic OH excluding ortho intramolecular Hbond substituents is 1. The maximum atomic E-state index is 11.5. The molecule has 2 aromatic heterocycles. The molecule has 0 saturated heterocycles. The summed E-state index contributed by atoms with van der Waals surface area (Å²) in [4.78, 5) is 19.9. The summed E-state index contributed by atoms with van der Waals surface area (Å²) in [7, 11) is 0. The van der Waals surface area contributed by atoms with E-state index in [9.17, 15) is 15.0 Å². The number of aromatic nitrogens is 3. The van der Waals surface area contributed by atoms with Crippen LogP contribution in [0.3, 0.4) is 0 Å². The molecule has 0 aliphatic heterocycles. The van der Waals surface area contributed by atoms with Gasteiger partial charge in [-0.3, -0.25) is 4.79 Å². The Morgan fingerprint density at radius 2 is 2.00 bits per heavy atom. The summed E-state index contributed by atoms with van der Waals surface area (Å²) in [5, 5.41) is 22.5. The molecule has 2 aromatic carbocycles. The molecular formula is C22H22N6O4. The van der Waals surface area contributed by atoms with Crippen molar-refractivity contribution >= 4 is 34.8 Å². The van der Waals surface area contributed by atoms with E-state index < -0.39 is 18.2 Å². The Hall–Kier alpha value is -4.15. The number of amides is 1. The highest BCUT2D eigenvalue weighted by Crippen LogP contribution is 2.27. The highest BCUT2D eigenvalue weighted by molar-refractivity contribution is 5.92. The maximum absolute atomic E-state index is 11.5. The van der Waals surface area contributed by atoms with Crippen molar-refractivity contribution in [2.24, 2.45) is 11.5 Å². The zero-order valence-electron chi connectivity index (χ0n) is 17.1. The molecule has 7 N–H and O–H groups in total. The lowest BCUT2D eigenvalue weighted by atomic mass is 10.1. The molecule has 4 rings (SSSR count). The number of hydrogen-bond acceptors (Lipinski definition) is 8. The fourth-order valence-electron chi connectivity index (χ4n) is 3.30. The molecular weight excluding hydrogens is 412 g/mol. The number of aromatic hydroxyl groups is 1. The number of nitrogens with one attached hydrogen (secondary N) is 1. The third kappa shape index (κ3) is 4.31. The van der Waals surface area contributed by atoms with Crippen LogP contribution in [0.25, 0.3) is 22.9 Å². The first kappa shape index (κ1) is 21.1. The Morgan fingerprint density at radius 3 is 2.69 bits per heavy atom. The third-order valence-electron chi connectivity index (χ3n) is 4.97. The van der Waals surface area contributed by atoms with E-state index in [1.807, 2.05) is 19.1 Å². The molecule has 0 aliphatic rings. The Balaban J connectivity index is 1.61. The average molecular weight is 434 g/mol. The van der Waals surface area contributed by atoms with E-state index in [1.165, 1.54) is 24.7 Å². The lowest BCUT2D eigenvalue weighted by molar-refractivity contribution is 0.0994. The Morgan fingerprint density at radius 1 is 1.25 bits per heavy atom. The van der Waals surface area contributed by atoms with Gasteiger partial charge in [0, 0.05) is 6.20 Å². The number of nitrogens with two attached hydrogens (primary N) is 2. The highest BCUT2D eigenvalue weighted by Gasteiger charge is 2.20. The fraction of sp³-hybridized carbons (Fsp3) is 0.136. The van der Waals surface area contributed by atoms with Gasteiger partial charge in [0.15, 0.2) is 5.58 Å². The number of oxazole rings is 1. The summed E-state index contributed by atoms with van der Waals surface area (Å²) < 4.78 is 7.31. The molecule has 0 unspecified atom stereocenters. The number of benzene rings is 2. The lowest BCUT2D eigenvalue weighted by Gasteiger charge is -2.20. The highest BCUT2D eigenvalue weighted by atomic mass is 16.4. The number of rotatable bonds is 7. The lowest BCUT2D eigenvalue weighted by Crippen LogP contribution is -2.33. The van der Waals surface area contributed by atoms with Crippen LogP contribution in [-0.2, 0) is 0 Å². The van der Waals surface area contributed by atoms with Gasteiger partial charge in [-0.2, -0.15) is 4.98 Å². The van der Waals surface area contributed by atoms with Crippen molar-refractivity contribution in [3.8, 4) is 5.75 Å². The van der Waals surface area contributed by atoms with Gasteiger partial charge in [0.1, 0.15) is 23.2 Å². The SMILES string of the molecule is C/C(=C\n1cncc1C(N)=O)c1ccc2oc(N[C@@H](c3ccc(O)cc3)[C@@H](N)O)nc2c1. The third-order valence-corrected chi connectivity index (χ3v) is 4.97. The number of carbonyl (C=O) groups is 1. The van der Waals surface area contributed by atoms with Gasteiger partial charge in [-0.25, -0.2) is 4.98 Å². The zero-order chi connectivity index (χ0) is 22.8. The number of anilines is 1. The van der Waals surface area contributed by atoms with E-state index in [4.69, 9.17) is 15.9 Å². The summed E-state index contributed by atoms with van der Waals surface area (Å²) >= 11 is 0. The van der Waals surface area contributed by atoms with Crippen LogP contribution in [0.4, 0.5) is 6.01 Å². The van der Waals surface area contributed by atoms with Gasteiger partial charge in [-0.05, 0) is 47.9 Å². The molecule has 2 heterocycles. The predicted octanol–water partition coefficient (Wildman–Crippen LogP) is 2.28. The molecule has 0 fully saturated rings. The van der Waals surface area contributed by atoms with Crippen LogP contribution < -0.4 is 16.8 Å². The average Bonchev–Trinajstić information content (AvgIpc) is 3.38. The van der Waals surface area contributed by atoms with Crippen LogP contribution in [-0.4, -0.2) is 36.9 Å². The van der Waals surface area contributed by atoms with Crippen LogP contribution in [0.1, 0.15) is 34.6 Å². The maximum Gasteiger partial charge on any atom is 0.296 e. The summed E-state index contributed by atoms with van der Waals surface area (Å²) in [5.41, 5.74) is 14.9. The van der Waals surface area contributed by atoms with Crippen molar-refractivity contribution in [1.29, 1.82) is 0 Å². The number of imidazole rings is 1. The number of aliphatic hydroxyl groups excluding tert-OH is 1. The number of fused-ring (bicyclic) bond motifs is 1. The second-order valence-corrected chi connectivity index (χ2v) is 7.27. The number of allylic oxidation sites excluding steroid dienone is 1. The second kappa shape index (κ2) is 8.53. The van der Waals surface area contributed by atoms with Gasteiger partial charge in [-0.15, -0.1) is 0 Å². The molecule has 0 spiro atoms. The molecule has 0 radical (unpaired) electrons. The van der Waals surface area contributed by atoms with E-state index in [0.29, 0.717) is 16.7 Å². The fourth-order valence-corrected chi connectivity index (χ4v) is 3.30. The van der Waals surface area contributed by atoms with Gasteiger partial charge in [-0.1, -0.05) is 18.2 Å². The molecule has 164 valence electrons. The van der Waals surface area contributed by atoms with Crippen LogP contribution in [0.5, 0.6) is 5.75 Å². The number of nitrogens with zero attached hydrogens (tertiary/aromatic N) is 3. The number of primary amides is 1. The minimum Gasteiger partial charge on any atom is -0.508 e. The number of carbonyl (C=O) groups excluding carboxylic acids is 1. The van der Waals surface area contributed by atoms with Gasteiger partial charge < -0.3 is 36.0 Å². The monoisotopic (exact) mass is 434 g/mol. The smallest absolute Gasteiger partial charge is 0.296 e. The van der Waals surface area contributed by atoms with E-state index in [0.717, 1.165) is 11.1 Å². The van der Waals surface area contributed by atoms with Gasteiger partial charge in [0.2, 0.25) is 0 Å². The minimum atomic E-state index is -1.23. The molecule has 32 heavy (non-hydrogen) atoms. The topological polar surface area (TPSA) is 165 Å². The van der Waals surface area contributed by atoms with Crippen molar-refractivity contribution in [3.05, 3.63) is 71.8 Å². The standard InChI is InChI=1S/C22H22N6O4/c1-12(10-28-11-25-9-17(28)20(23)30)14-4-7-18-16(8-14)26-22(32-18)27-19(21(24)31)13-2-5-15(29)6-3-13/h2-11,19,21,29,31H,24H2,1H3,(H2,23,30)(H,26,27)/b12-10+/t19-,21-/m0/s1. The summed E-state index contributed by atoms with van der Waals surface area (Å²) in [6.07, 6.45) is 3.42. The normalized spacial score (nSPS) is 13.8. The molecule has 0 saturated carbocycles. The molecule has 10 nitrogen and oxygen atoms in total. The van der Waals surface area contributed by atoms with Crippen molar-refractivity contribution in [2.75, 3.05) is 5.32 Å². The Kier molecular flexibility index (Phi) is 5.63. The number of phenols is 1. The summed E-state index contributed by atoms with van der Waals surface area (Å²) in [6.45, 7) is 1.89. The molecule has 4 aromatic rings. The molecule has 2 atom stereocenters. The van der Waals surface area contributed by atoms with Gasteiger partial charge in [0.05, 0.1) is 18.6 Å². The zero-order valence-corrected chi connectivity index (χ0v) is 17.1. The summed E-state index contributed by atoms with van der Waals surface area (Å²) in [5.74, 6) is -0.463. The Bertz CT molecular complexity index is 1290. The van der Waals surface area contributed by atoms with E-state index in [1.54, 1.807) is 29.0 Å². The molecule has 0 aliphatic carbocycles. The van der Waals surface area contributed by atoms with Crippen molar-refractivity contribution in [1.82, 2.24) is 14.5 Å². The van der Waals surface area contributed by atoms with Crippen LogP contribution in [0, 0.1) is 0 Å². The molecule has 0 bridgehead atoms. The van der Waals surface area contributed by atoms with Crippen molar-refractivity contribution in [3.63, 3.8) is 0 Å². The number of hydrogen-bond donors (Lipinski definition) is 5. The molecule has 10 heteroatoms. The van der Waals surface area contributed by atoms with E-state index >= 15 is 0 Å². The van der Waals surface area contributed by atoms with Crippen LogP contribution in [0.15, 0.2) is 59.4 Å². The van der Waals surface area contributed by atoms with Gasteiger partial charge >= 0.3 is 0 Å². The second-order valence-electron chi connectivity index (χ2n) is 7.27. The summed E-state index contributed by atoms with van der Waals surface area (Å²) in [6, 6.07) is 11.3. The Labute approximate surface area is 182 Å². The first-order chi connectivity index (χ1) is 15.3. The van der Waals surface area contributed by atoms with E-state index in [-0.39, 0.29) is 17.5 Å². The van der Waals surface area contributed by atoms with Crippen molar-refractivity contribution in [2.45, 2.75) is 19.2 Å². The molecule has 1 amide bonds. The minimum absolute atomic E-state index is 0.107. The largest absolute Gasteiger partial charge is 0.508 e. The quantitative estimate of drug-likeness (QED) is 0.276. The first-order valence-corrected chi connectivity index (χ1v) is 9.72. The van der Waals surface area contributed by atoms with Crippen LogP contribution >= 0.6 is 0 Å². The first-order valence-electron chi connectivity index (χ1n) is 9.72.